The van der Waals surface area contributed by atoms with Crippen molar-refractivity contribution in [2.75, 3.05) is 13.1 Å². The summed E-state index contributed by atoms with van der Waals surface area (Å²) in [4.78, 5) is 12.6. The van der Waals surface area contributed by atoms with Crippen LogP contribution in [0.2, 0.25) is 0 Å². The van der Waals surface area contributed by atoms with Crippen LogP contribution < -0.4 is 0 Å². The van der Waals surface area contributed by atoms with E-state index in [1.807, 2.05) is 4.90 Å². The molecule has 1 saturated heterocycles. The van der Waals surface area contributed by atoms with E-state index in [0.717, 1.165) is 6.07 Å². The Hall–Kier alpha value is -1.49. The number of carbonyl (C=O) groups is 1. The fourth-order valence-corrected chi connectivity index (χ4v) is 2.09. The molecule has 1 N–H and O–H groups in total. The van der Waals surface area contributed by atoms with Crippen LogP contribution in [0.3, 0.4) is 0 Å². The van der Waals surface area contributed by atoms with E-state index >= 15 is 0 Å². The van der Waals surface area contributed by atoms with E-state index in [4.69, 9.17) is 5.11 Å². The van der Waals surface area contributed by atoms with Gasteiger partial charge in [0.2, 0.25) is 0 Å². The first-order valence-corrected chi connectivity index (χ1v) is 5.46. The van der Waals surface area contributed by atoms with Gasteiger partial charge in [0.1, 0.15) is 0 Å². The number of rotatable bonds is 3. The topological polar surface area (TPSA) is 40.5 Å². The molecule has 0 saturated carbocycles. The Bertz CT molecular complexity index is 437. The van der Waals surface area contributed by atoms with Crippen molar-refractivity contribution in [1.82, 2.24) is 4.90 Å². The van der Waals surface area contributed by atoms with E-state index in [2.05, 4.69) is 0 Å². The Morgan fingerprint density at radius 3 is 2.88 bits per heavy atom. The van der Waals surface area contributed by atoms with Crippen molar-refractivity contribution in [3.05, 3.63) is 35.4 Å². The van der Waals surface area contributed by atoms with Crippen molar-refractivity contribution in [3.63, 3.8) is 0 Å². The van der Waals surface area contributed by atoms with Gasteiger partial charge >= 0.3 is 5.97 Å². The van der Waals surface area contributed by atoms with Crippen LogP contribution in [0.4, 0.5) is 8.78 Å². The molecule has 0 amide bonds. The smallest absolute Gasteiger partial charge is 0.307 e. The van der Waals surface area contributed by atoms with Crippen LogP contribution in [-0.2, 0) is 11.3 Å². The molecular weight excluding hydrogens is 228 g/mol. The fraction of sp³-hybridized carbons (Fsp3) is 0.417. The lowest BCUT2D eigenvalue weighted by Gasteiger charge is -2.15. The highest BCUT2D eigenvalue weighted by Gasteiger charge is 2.28. The van der Waals surface area contributed by atoms with Crippen molar-refractivity contribution in [3.8, 4) is 0 Å². The van der Waals surface area contributed by atoms with Crippen LogP contribution in [0.5, 0.6) is 0 Å². The van der Waals surface area contributed by atoms with Gasteiger partial charge in [0.15, 0.2) is 11.6 Å². The van der Waals surface area contributed by atoms with Gasteiger partial charge in [0, 0.05) is 18.7 Å². The van der Waals surface area contributed by atoms with E-state index in [9.17, 15) is 13.6 Å². The number of aliphatic carboxylic acids is 1. The predicted octanol–water partition coefficient (Wildman–Crippen LogP) is 1.87. The molecule has 0 radical (unpaired) electrons. The third-order valence-corrected chi connectivity index (χ3v) is 3.05. The lowest BCUT2D eigenvalue weighted by atomic mass is 10.1. The average Bonchev–Trinajstić information content (AvgIpc) is 2.73. The van der Waals surface area contributed by atoms with Crippen LogP contribution in [0.25, 0.3) is 0 Å². The molecule has 0 spiro atoms. The summed E-state index contributed by atoms with van der Waals surface area (Å²) in [5.74, 6) is -2.93. The highest BCUT2D eigenvalue weighted by atomic mass is 19.2. The molecule has 0 unspecified atom stereocenters. The zero-order valence-electron chi connectivity index (χ0n) is 9.20. The first kappa shape index (κ1) is 12.0. The molecular formula is C12H13F2NO2. The third kappa shape index (κ3) is 2.61. The minimum Gasteiger partial charge on any atom is -0.481 e. The Morgan fingerprint density at radius 1 is 1.47 bits per heavy atom. The first-order chi connectivity index (χ1) is 8.08. The molecule has 0 aliphatic carbocycles. The minimum absolute atomic E-state index is 0.257. The number of likely N-dealkylation sites (tertiary alicyclic amines) is 1. The second-order valence-corrected chi connectivity index (χ2v) is 4.27. The lowest BCUT2D eigenvalue weighted by molar-refractivity contribution is -0.141. The molecule has 1 aromatic rings. The molecule has 1 aromatic carbocycles. The van der Waals surface area contributed by atoms with Gasteiger partial charge in [-0.05, 0) is 19.0 Å². The Kier molecular flexibility index (Phi) is 3.38. The minimum atomic E-state index is -0.864. The van der Waals surface area contributed by atoms with E-state index in [-0.39, 0.29) is 12.1 Å². The Labute approximate surface area is 97.7 Å². The monoisotopic (exact) mass is 241 g/mol. The molecule has 1 fully saturated rings. The molecule has 2 rings (SSSR count). The zero-order valence-corrected chi connectivity index (χ0v) is 9.20. The van der Waals surface area contributed by atoms with E-state index in [0.29, 0.717) is 19.5 Å². The number of carboxylic acid groups (broad SMARTS) is 1. The van der Waals surface area contributed by atoms with Gasteiger partial charge in [0.25, 0.3) is 0 Å². The number of nitrogens with zero attached hydrogens (tertiary/aromatic N) is 1. The van der Waals surface area contributed by atoms with Gasteiger partial charge in [-0.25, -0.2) is 8.78 Å². The molecule has 1 atom stereocenters. The van der Waals surface area contributed by atoms with E-state index < -0.39 is 23.5 Å². The first-order valence-electron chi connectivity index (χ1n) is 5.46. The van der Waals surface area contributed by atoms with Gasteiger partial charge in [0.05, 0.1) is 5.92 Å². The van der Waals surface area contributed by atoms with Crippen LogP contribution in [0.15, 0.2) is 18.2 Å². The average molecular weight is 241 g/mol. The number of hydrogen-bond donors (Lipinski definition) is 1. The Balaban J connectivity index is 2.03. The summed E-state index contributed by atoms with van der Waals surface area (Å²) in [5.41, 5.74) is 0.274. The summed E-state index contributed by atoms with van der Waals surface area (Å²) in [6.07, 6.45) is 0.562. The largest absolute Gasteiger partial charge is 0.481 e. The maximum absolute atomic E-state index is 13.4. The normalized spacial score (nSPS) is 20.7. The summed E-state index contributed by atoms with van der Waals surface area (Å²) < 4.78 is 26.4. The van der Waals surface area contributed by atoms with Crippen molar-refractivity contribution in [1.29, 1.82) is 0 Å². The van der Waals surface area contributed by atoms with E-state index in [1.165, 1.54) is 12.1 Å². The maximum Gasteiger partial charge on any atom is 0.307 e. The van der Waals surface area contributed by atoms with Gasteiger partial charge in [-0.3, -0.25) is 9.69 Å². The van der Waals surface area contributed by atoms with Crippen LogP contribution in [0.1, 0.15) is 12.0 Å². The number of carboxylic acids is 1. The summed E-state index contributed by atoms with van der Waals surface area (Å²) in [7, 11) is 0. The zero-order chi connectivity index (χ0) is 12.4. The molecule has 0 aromatic heterocycles. The number of hydrogen-bond acceptors (Lipinski definition) is 2. The summed E-state index contributed by atoms with van der Waals surface area (Å²) in [6.45, 7) is 1.26. The third-order valence-electron chi connectivity index (χ3n) is 3.05. The summed E-state index contributed by atoms with van der Waals surface area (Å²) in [6, 6.07) is 4.05. The highest BCUT2D eigenvalue weighted by molar-refractivity contribution is 5.70. The van der Waals surface area contributed by atoms with Crippen molar-refractivity contribution in [2.45, 2.75) is 13.0 Å². The second-order valence-electron chi connectivity index (χ2n) is 4.27. The summed E-state index contributed by atoms with van der Waals surface area (Å²) >= 11 is 0. The predicted molar refractivity (Wildman–Crippen MR) is 57.4 cm³/mol. The van der Waals surface area contributed by atoms with Crippen LogP contribution >= 0.6 is 0 Å². The highest BCUT2D eigenvalue weighted by Crippen LogP contribution is 2.20. The summed E-state index contributed by atoms with van der Waals surface area (Å²) in [5, 5.41) is 8.84. The second kappa shape index (κ2) is 4.79. The van der Waals surface area contributed by atoms with Crippen LogP contribution in [-0.4, -0.2) is 29.1 Å². The molecule has 92 valence electrons. The van der Waals surface area contributed by atoms with Crippen molar-refractivity contribution >= 4 is 5.97 Å². The molecule has 1 heterocycles. The quantitative estimate of drug-likeness (QED) is 0.878. The molecule has 0 bridgehead atoms. The lowest BCUT2D eigenvalue weighted by Crippen LogP contribution is -2.23. The van der Waals surface area contributed by atoms with Crippen LogP contribution in [0, 0.1) is 17.6 Å². The molecule has 5 heteroatoms. The molecule has 17 heavy (non-hydrogen) atoms. The van der Waals surface area contributed by atoms with Gasteiger partial charge in [-0.15, -0.1) is 0 Å². The van der Waals surface area contributed by atoms with Gasteiger partial charge in [-0.1, -0.05) is 12.1 Å². The Morgan fingerprint density at radius 2 is 2.24 bits per heavy atom. The standard InChI is InChI=1S/C12H13F2NO2/c13-10-3-1-2-8(11(10)14)6-15-5-4-9(7-15)12(16)17/h1-3,9H,4-7H2,(H,16,17)/t9-/m0/s1. The molecule has 1 aliphatic rings. The number of benzene rings is 1. The van der Waals surface area contributed by atoms with Gasteiger partial charge in [-0.2, -0.15) is 0 Å². The van der Waals surface area contributed by atoms with E-state index in [1.54, 1.807) is 0 Å². The van der Waals surface area contributed by atoms with Crippen molar-refractivity contribution < 1.29 is 18.7 Å². The van der Waals surface area contributed by atoms with Gasteiger partial charge < -0.3 is 5.11 Å². The molecule has 3 nitrogen and oxygen atoms in total. The number of halogens is 2. The maximum atomic E-state index is 13.4. The SMILES string of the molecule is O=C(O)[C@H]1CCN(Cc2cccc(F)c2F)C1. The van der Waals surface area contributed by atoms with Crippen molar-refractivity contribution in [2.24, 2.45) is 5.92 Å². The molecule has 1 aliphatic heterocycles. The fourth-order valence-electron chi connectivity index (χ4n) is 2.09.